The first-order chi connectivity index (χ1) is 16.2. The van der Waals surface area contributed by atoms with Crippen LogP contribution in [0.5, 0.6) is 0 Å². The van der Waals surface area contributed by atoms with E-state index in [4.69, 9.17) is 11.6 Å². The molecule has 0 bridgehead atoms. The second-order valence-electron chi connectivity index (χ2n) is 9.24. The standard InChI is InChI=1S/C26H32ClFN2O4/c1-16(2)18-5-3-6-19(13-18)29-23-11-9-17(10-12-24(23)31)26(34)30(15-25(32)33)14-20-21(27)7-4-8-22(20)28/h3-8,13,16-17,23-24,29,31H,9-12,14-15H2,1-2H3,(H,32,33)/t17-,23+,24+/m1/s1. The van der Waals surface area contributed by atoms with Crippen molar-refractivity contribution in [1.29, 1.82) is 0 Å². The Labute approximate surface area is 204 Å². The SMILES string of the molecule is CC(C)c1cccc(N[C@H]2CC[C@@H](C(=O)N(CC(=O)O)Cc3c(F)cccc3Cl)CC[C@@H]2O)c1. The van der Waals surface area contributed by atoms with E-state index in [1.807, 2.05) is 12.1 Å². The number of hydrogen-bond acceptors (Lipinski definition) is 4. The predicted molar refractivity (Wildman–Crippen MR) is 130 cm³/mol. The van der Waals surface area contributed by atoms with Gasteiger partial charge in [0.2, 0.25) is 5.91 Å². The fraction of sp³-hybridized carbons (Fsp3) is 0.462. The highest BCUT2D eigenvalue weighted by Gasteiger charge is 2.33. The molecule has 1 amide bonds. The second-order valence-corrected chi connectivity index (χ2v) is 9.65. The first-order valence-electron chi connectivity index (χ1n) is 11.6. The summed E-state index contributed by atoms with van der Waals surface area (Å²) in [4.78, 5) is 25.9. The highest BCUT2D eigenvalue weighted by molar-refractivity contribution is 6.31. The minimum Gasteiger partial charge on any atom is -0.480 e. The molecule has 0 heterocycles. The molecule has 1 aliphatic rings. The van der Waals surface area contributed by atoms with Crippen molar-refractivity contribution in [3.05, 3.63) is 64.4 Å². The molecule has 3 rings (SSSR count). The zero-order valence-corrected chi connectivity index (χ0v) is 20.3. The van der Waals surface area contributed by atoms with Crippen LogP contribution in [0.4, 0.5) is 10.1 Å². The van der Waals surface area contributed by atoms with E-state index < -0.39 is 30.4 Å². The Balaban J connectivity index is 1.71. The quantitative estimate of drug-likeness (QED) is 0.451. The lowest BCUT2D eigenvalue weighted by atomic mass is 9.98. The first kappa shape index (κ1) is 26.0. The van der Waals surface area contributed by atoms with Crippen molar-refractivity contribution in [2.45, 2.75) is 64.1 Å². The molecule has 34 heavy (non-hydrogen) atoms. The van der Waals surface area contributed by atoms with Gasteiger partial charge in [0.15, 0.2) is 0 Å². The lowest BCUT2D eigenvalue weighted by Crippen LogP contribution is -2.39. The maximum atomic E-state index is 14.3. The third-order valence-electron chi connectivity index (χ3n) is 6.40. The Bertz CT molecular complexity index is 996. The number of carbonyl (C=O) groups excluding carboxylic acids is 1. The van der Waals surface area contributed by atoms with E-state index in [9.17, 15) is 24.2 Å². The molecule has 184 valence electrons. The molecule has 0 saturated heterocycles. The van der Waals surface area contributed by atoms with Gasteiger partial charge < -0.3 is 20.4 Å². The summed E-state index contributed by atoms with van der Waals surface area (Å²) >= 11 is 6.11. The Hall–Kier alpha value is -2.64. The number of aliphatic hydroxyl groups is 1. The molecule has 0 aliphatic heterocycles. The molecule has 0 aromatic heterocycles. The minimum absolute atomic E-state index is 0.0944. The van der Waals surface area contributed by atoms with E-state index >= 15 is 0 Å². The van der Waals surface area contributed by atoms with Crippen LogP contribution in [-0.4, -0.2) is 45.7 Å². The van der Waals surface area contributed by atoms with Gasteiger partial charge in [-0.05, 0) is 61.4 Å². The number of carbonyl (C=O) groups is 2. The summed E-state index contributed by atoms with van der Waals surface area (Å²) in [5.74, 6) is -2.21. The monoisotopic (exact) mass is 490 g/mol. The molecule has 1 aliphatic carbocycles. The molecule has 6 nitrogen and oxygen atoms in total. The summed E-state index contributed by atoms with van der Waals surface area (Å²) in [6.45, 7) is 3.46. The molecular formula is C26H32ClFN2O4. The van der Waals surface area contributed by atoms with E-state index in [0.717, 1.165) is 10.6 Å². The third-order valence-corrected chi connectivity index (χ3v) is 6.76. The number of aliphatic carboxylic acids is 1. The third kappa shape index (κ3) is 6.70. The molecule has 1 fully saturated rings. The van der Waals surface area contributed by atoms with Gasteiger partial charge in [0.05, 0.1) is 18.7 Å². The highest BCUT2D eigenvalue weighted by atomic mass is 35.5. The van der Waals surface area contributed by atoms with Gasteiger partial charge in [-0.2, -0.15) is 0 Å². The van der Waals surface area contributed by atoms with Crippen LogP contribution >= 0.6 is 11.6 Å². The summed E-state index contributed by atoms with van der Waals surface area (Å²) < 4.78 is 14.3. The van der Waals surface area contributed by atoms with Gasteiger partial charge >= 0.3 is 5.97 Å². The van der Waals surface area contributed by atoms with E-state index in [2.05, 4.69) is 31.3 Å². The normalized spacial score (nSPS) is 20.6. The average Bonchev–Trinajstić information content (AvgIpc) is 2.96. The topological polar surface area (TPSA) is 89.9 Å². The lowest BCUT2D eigenvalue weighted by Gasteiger charge is -2.26. The summed E-state index contributed by atoms with van der Waals surface area (Å²) in [5, 5.41) is 23.6. The predicted octanol–water partition coefficient (Wildman–Crippen LogP) is 5.05. The molecular weight excluding hydrogens is 459 g/mol. The first-order valence-corrected chi connectivity index (χ1v) is 12.0. The van der Waals surface area contributed by atoms with E-state index in [1.54, 1.807) is 0 Å². The van der Waals surface area contributed by atoms with Gasteiger partial charge in [-0.1, -0.05) is 43.6 Å². The van der Waals surface area contributed by atoms with Crippen LogP contribution in [0.15, 0.2) is 42.5 Å². The molecule has 3 N–H and O–H groups in total. The number of hydrogen-bond donors (Lipinski definition) is 3. The van der Waals surface area contributed by atoms with Gasteiger partial charge in [0.25, 0.3) is 0 Å². The number of aliphatic hydroxyl groups excluding tert-OH is 1. The van der Waals surface area contributed by atoms with Crippen molar-refractivity contribution >= 4 is 29.2 Å². The number of carboxylic acid groups (broad SMARTS) is 1. The number of carboxylic acids is 1. The fourth-order valence-corrected chi connectivity index (χ4v) is 4.64. The molecule has 2 aromatic carbocycles. The van der Waals surface area contributed by atoms with Crippen molar-refractivity contribution in [3.63, 3.8) is 0 Å². The second kappa shape index (κ2) is 11.7. The van der Waals surface area contributed by atoms with E-state index in [1.165, 1.54) is 23.8 Å². The summed E-state index contributed by atoms with van der Waals surface area (Å²) in [6.07, 6.45) is 1.21. The minimum atomic E-state index is -1.18. The maximum Gasteiger partial charge on any atom is 0.323 e. The number of nitrogens with zero attached hydrogens (tertiary/aromatic N) is 1. The number of rotatable bonds is 8. The molecule has 3 atom stereocenters. The molecule has 8 heteroatoms. The van der Waals surface area contributed by atoms with E-state index in [-0.39, 0.29) is 29.1 Å². The van der Waals surface area contributed by atoms with Crippen LogP contribution in [0.1, 0.15) is 56.6 Å². The summed E-state index contributed by atoms with van der Waals surface area (Å²) in [7, 11) is 0. The lowest BCUT2D eigenvalue weighted by molar-refractivity contribution is -0.147. The van der Waals surface area contributed by atoms with Crippen LogP contribution in [0.3, 0.4) is 0 Å². The van der Waals surface area contributed by atoms with Crippen LogP contribution in [0.25, 0.3) is 0 Å². The Kier molecular flexibility index (Phi) is 8.91. The van der Waals surface area contributed by atoms with Crippen molar-refractivity contribution in [1.82, 2.24) is 4.90 Å². The van der Waals surface area contributed by atoms with Gasteiger partial charge in [-0.25, -0.2) is 4.39 Å². The Morgan fingerprint density at radius 3 is 2.53 bits per heavy atom. The number of benzene rings is 2. The smallest absolute Gasteiger partial charge is 0.323 e. The molecule has 2 aromatic rings. The van der Waals surface area contributed by atoms with Gasteiger partial charge in [-0.3, -0.25) is 9.59 Å². The number of amides is 1. The van der Waals surface area contributed by atoms with Crippen molar-refractivity contribution in [2.24, 2.45) is 5.92 Å². The van der Waals surface area contributed by atoms with Crippen LogP contribution in [-0.2, 0) is 16.1 Å². The van der Waals surface area contributed by atoms with E-state index in [0.29, 0.717) is 31.6 Å². The number of anilines is 1. The van der Waals surface area contributed by atoms with Gasteiger partial charge in [0.1, 0.15) is 12.4 Å². The molecule has 0 spiro atoms. The van der Waals surface area contributed by atoms with Gasteiger partial charge in [0, 0.05) is 22.2 Å². The summed E-state index contributed by atoms with van der Waals surface area (Å²) in [6, 6.07) is 12.0. The van der Waals surface area contributed by atoms with Crippen LogP contribution < -0.4 is 5.32 Å². The van der Waals surface area contributed by atoms with Crippen LogP contribution in [0, 0.1) is 11.7 Å². The Morgan fingerprint density at radius 2 is 1.85 bits per heavy atom. The maximum absolute atomic E-state index is 14.3. The molecule has 1 saturated carbocycles. The number of halogens is 2. The van der Waals surface area contributed by atoms with Crippen molar-refractivity contribution in [2.75, 3.05) is 11.9 Å². The van der Waals surface area contributed by atoms with Crippen LogP contribution in [0.2, 0.25) is 5.02 Å². The zero-order chi connectivity index (χ0) is 24.8. The van der Waals surface area contributed by atoms with Crippen molar-refractivity contribution in [3.8, 4) is 0 Å². The van der Waals surface area contributed by atoms with Crippen molar-refractivity contribution < 1.29 is 24.2 Å². The largest absolute Gasteiger partial charge is 0.480 e. The number of nitrogens with one attached hydrogen (secondary N) is 1. The average molecular weight is 491 g/mol. The summed E-state index contributed by atoms with van der Waals surface area (Å²) in [5.41, 5.74) is 2.20. The fourth-order valence-electron chi connectivity index (χ4n) is 4.42. The molecule has 0 radical (unpaired) electrons. The zero-order valence-electron chi connectivity index (χ0n) is 19.5. The van der Waals surface area contributed by atoms with Gasteiger partial charge in [-0.15, -0.1) is 0 Å². The highest BCUT2D eigenvalue weighted by Crippen LogP contribution is 2.29. The Morgan fingerprint density at radius 1 is 1.15 bits per heavy atom. The molecule has 0 unspecified atom stereocenters.